The van der Waals surface area contributed by atoms with Gasteiger partial charge >= 0.3 is 0 Å². The van der Waals surface area contributed by atoms with Gasteiger partial charge in [-0.05, 0) is 43.3 Å². The van der Waals surface area contributed by atoms with Gasteiger partial charge in [-0.3, -0.25) is 4.79 Å². The van der Waals surface area contributed by atoms with Crippen molar-refractivity contribution >= 4 is 33.4 Å². The first kappa shape index (κ1) is 13.8. The lowest BCUT2D eigenvalue weighted by atomic mass is 10.1. The second-order valence-corrected chi connectivity index (χ2v) is 5.66. The highest BCUT2D eigenvalue weighted by atomic mass is 79.9. The predicted octanol–water partition coefficient (Wildman–Crippen LogP) is 3.48. The Kier molecular flexibility index (Phi) is 3.75. The molecular formula is C16H13BrN2O2. The normalized spacial score (nSPS) is 14.7. The number of hydrogen-bond acceptors (Lipinski definition) is 3. The third-order valence-corrected chi connectivity index (χ3v) is 3.66. The fraction of sp³-hybridized carbons (Fsp3) is 0.125. The molecule has 0 unspecified atom stereocenters. The topological polar surface area (TPSA) is 41.9 Å². The summed E-state index contributed by atoms with van der Waals surface area (Å²) in [6, 6.07) is 15.3. The van der Waals surface area contributed by atoms with Gasteiger partial charge in [0.2, 0.25) is 5.90 Å². The Labute approximate surface area is 131 Å². The summed E-state index contributed by atoms with van der Waals surface area (Å²) in [5, 5.41) is 5.71. The molecule has 0 saturated heterocycles. The molecule has 106 valence electrons. The Morgan fingerprint density at radius 2 is 1.76 bits per heavy atom. The summed E-state index contributed by atoms with van der Waals surface area (Å²) in [4.78, 5) is 12.0. The van der Waals surface area contributed by atoms with Crippen LogP contribution in [0.4, 0.5) is 5.69 Å². The Balaban J connectivity index is 1.96. The quantitative estimate of drug-likeness (QED) is 0.836. The van der Waals surface area contributed by atoms with E-state index in [9.17, 15) is 4.79 Å². The molecule has 21 heavy (non-hydrogen) atoms. The smallest absolute Gasteiger partial charge is 0.285 e. The van der Waals surface area contributed by atoms with Gasteiger partial charge in [0.15, 0.2) is 6.61 Å². The van der Waals surface area contributed by atoms with E-state index in [0.717, 1.165) is 21.3 Å². The zero-order valence-electron chi connectivity index (χ0n) is 11.4. The minimum atomic E-state index is -0.187. The number of aryl methyl sites for hydroxylation is 1. The molecule has 0 spiro atoms. The lowest BCUT2D eigenvalue weighted by Gasteiger charge is -2.23. The molecule has 2 aromatic rings. The van der Waals surface area contributed by atoms with Gasteiger partial charge in [0.25, 0.3) is 5.91 Å². The number of carbonyl (C=O) groups is 1. The zero-order valence-corrected chi connectivity index (χ0v) is 13.0. The minimum Gasteiger partial charge on any atom is -0.466 e. The molecule has 1 amide bonds. The van der Waals surface area contributed by atoms with Crippen LogP contribution in [0.25, 0.3) is 0 Å². The first-order chi connectivity index (χ1) is 10.1. The molecule has 3 rings (SSSR count). The van der Waals surface area contributed by atoms with Crippen molar-refractivity contribution in [3.8, 4) is 0 Å². The number of hydrazone groups is 1. The van der Waals surface area contributed by atoms with Crippen LogP contribution in [0.3, 0.4) is 0 Å². The van der Waals surface area contributed by atoms with Crippen molar-refractivity contribution in [2.45, 2.75) is 6.92 Å². The van der Waals surface area contributed by atoms with Crippen LogP contribution in [-0.4, -0.2) is 18.4 Å². The molecule has 5 heteroatoms. The second kappa shape index (κ2) is 5.69. The fourth-order valence-electron chi connectivity index (χ4n) is 1.99. The van der Waals surface area contributed by atoms with Crippen LogP contribution in [-0.2, 0) is 9.53 Å². The summed E-state index contributed by atoms with van der Waals surface area (Å²) >= 11 is 3.38. The molecular weight excluding hydrogens is 332 g/mol. The largest absolute Gasteiger partial charge is 0.466 e. The van der Waals surface area contributed by atoms with E-state index >= 15 is 0 Å². The van der Waals surface area contributed by atoms with Crippen molar-refractivity contribution in [2.75, 3.05) is 11.6 Å². The van der Waals surface area contributed by atoms with Gasteiger partial charge in [0.05, 0.1) is 5.69 Å². The molecule has 0 aromatic heterocycles. The number of amides is 1. The van der Waals surface area contributed by atoms with E-state index in [1.165, 1.54) is 5.01 Å². The molecule has 0 N–H and O–H groups in total. The Morgan fingerprint density at radius 1 is 1.10 bits per heavy atom. The maximum absolute atomic E-state index is 12.0. The highest BCUT2D eigenvalue weighted by Gasteiger charge is 2.23. The van der Waals surface area contributed by atoms with Gasteiger partial charge in [-0.15, -0.1) is 5.10 Å². The lowest BCUT2D eigenvalue weighted by molar-refractivity contribution is -0.121. The molecule has 1 aliphatic heterocycles. The van der Waals surface area contributed by atoms with E-state index in [4.69, 9.17) is 4.74 Å². The van der Waals surface area contributed by atoms with E-state index in [2.05, 4.69) is 21.0 Å². The van der Waals surface area contributed by atoms with Crippen LogP contribution < -0.4 is 5.01 Å². The molecule has 0 saturated carbocycles. The summed E-state index contributed by atoms with van der Waals surface area (Å²) in [6.45, 7) is 2.01. The Morgan fingerprint density at radius 3 is 2.43 bits per heavy atom. The van der Waals surface area contributed by atoms with E-state index in [0.29, 0.717) is 5.90 Å². The third-order valence-electron chi connectivity index (χ3n) is 3.13. The Hall–Kier alpha value is -2.14. The average Bonchev–Trinajstić information content (AvgIpc) is 2.50. The second-order valence-electron chi connectivity index (χ2n) is 4.74. The lowest BCUT2D eigenvalue weighted by Crippen LogP contribution is -2.36. The zero-order chi connectivity index (χ0) is 14.8. The van der Waals surface area contributed by atoms with Gasteiger partial charge in [-0.1, -0.05) is 33.6 Å². The van der Waals surface area contributed by atoms with Gasteiger partial charge < -0.3 is 4.74 Å². The highest BCUT2D eigenvalue weighted by molar-refractivity contribution is 9.10. The molecule has 0 radical (unpaired) electrons. The van der Waals surface area contributed by atoms with E-state index < -0.39 is 0 Å². The molecule has 0 fully saturated rings. The fourth-order valence-corrected chi connectivity index (χ4v) is 2.25. The average molecular weight is 345 g/mol. The van der Waals surface area contributed by atoms with E-state index in [-0.39, 0.29) is 12.5 Å². The first-order valence-corrected chi connectivity index (χ1v) is 7.30. The standard InChI is InChI=1S/C16H13BrN2O2/c1-11-2-4-12(5-3-11)16-18-19(15(20)10-21-16)14-8-6-13(17)7-9-14/h2-9H,10H2,1H3. The van der Waals surface area contributed by atoms with Crippen molar-refractivity contribution in [1.29, 1.82) is 0 Å². The molecule has 0 atom stereocenters. The summed E-state index contributed by atoms with van der Waals surface area (Å²) in [6.07, 6.45) is 0. The van der Waals surface area contributed by atoms with Gasteiger partial charge in [-0.25, -0.2) is 0 Å². The summed E-state index contributed by atoms with van der Waals surface area (Å²) in [5.41, 5.74) is 2.74. The van der Waals surface area contributed by atoms with E-state index in [1.54, 1.807) is 0 Å². The van der Waals surface area contributed by atoms with Crippen LogP contribution in [0.1, 0.15) is 11.1 Å². The molecule has 4 nitrogen and oxygen atoms in total. The minimum absolute atomic E-state index is 0.0111. The number of carbonyl (C=O) groups excluding carboxylic acids is 1. The maximum atomic E-state index is 12.0. The molecule has 2 aromatic carbocycles. The third kappa shape index (κ3) is 2.97. The van der Waals surface area contributed by atoms with E-state index in [1.807, 2.05) is 55.5 Å². The number of nitrogens with zero attached hydrogens (tertiary/aromatic N) is 2. The van der Waals surface area contributed by atoms with Gasteiger partial charge in [0.1, 0.15) is 0 Å². The summed E-state index contributed by atoms with van der Waals surface area (Å²) in [7, 11) is 0. The number of ether oxygens (including phenoxy) is 1. The van der Waals surface area contributed by atoms with Crippen molar-refractivity contribution in [3.05, 3.63) is 64.1 Å². The monoisotopic (exact) mass is 344 g/mol. The number of benzene rings is 2. The van der Waals surface area contributed by atoms with Gasteiger partial charge in [-0.2, -0.15) is 5.01 Å². The molecule has 0 bridgehead atoms. The molecule has 0 aliphatic carbocycles. The van der Waals surface area contributed by atoms with Crippen LogP contribution in [0.2, 0.25) is 0 Å². The van der Waals surface area contributed by atoms with Crippen LogP contribution in [0, 0.1) is 6.92 Å². The number of rotatable bonds is 2. The van der Waals surface area contributed by atoms with Crippen molar-refractivity contribution in [3.63, 3.8) is 0 Å². The number of hydrogen-bond donors (Lipinski definition) is 0. The van der Waals surface area contributed by atoms with Crippen molar-refractivity contribution in [2.24, 2.45) is 5.10 Å². The highest BCUT2D eigenvalue weighted by Crippen LogP contribution is 2.21. The number of halogens is 1. The predicted molar refractivity (Wildman–Crippen MR) is 85.3 cm³/mol. The van der Waals surface area contributed by atoms with Gasteiger partial charge in [0, 0.05) is 10.0 Å². The first-order valence-electron chi connectivity index (χ1n) is 6.50. The van der Waals surface area contributed by atoms with Crippen LogP contribution in [0.15, 0.2) is 58.1 Å². The molecule has 1 aliphatic rings. The maximum Gasteiger partial charge on any atom is 0.285 e. The Bertz CT molecular complexity index is 693. The van der Waals surface area contributed by atoms with Crippen molar-refractivity contribution in [1.82, 2.24) is 0 Å². The summed E-state index contributed by atoms with van der Waals surface area (Å²) in [5.74, 6) is 0.269. The van der Waals surface area contributed by atoms with Crippen LogP contribution >= 0.6 is 15.9 Å². The SMILES string of the molecule is Cc1ccc(C2=NN(c3ccc(Br)cc3)C(=O)CO2)cc1. The number of anilines is 1. The van der Waals surface area contributed by atoms with Crippen molar-refractivity contribution < 1.29 is 9.53 Å². The molecule has 1 heterocycles. The summed E-state index contributed by atoms with van der Waals surface area (Å²) < 4.78 is 6.39. The van der Waals surface area contributed by atoms with Crippen LogP contribution in [0.5, 0.6) is 0 Å².